The Morgan fingerprint density at radius 3 is 2.28 bits per heavy atom. The van der Waals surface area contributed by atoms with E-state index in [1.807, 2.05) is 60.7 Å². The fourth-order valence-corrected chi connectivity index (χ4v) is 3.27. The van der Waals surface area contributed by atoms with E-state index >= 15 is 0 Å². The molecule has 0 saturated heterocycles. The van der Waals surface area contributed by atoms with Crippen molar-refractivity contribution in [1.82, 2.24) is 4.90 Å². The molecule has 3 aromatic carbocycles. The van der Waals surface area contributed by atoms with Gasteiger partial charge in [-0.2, -0.15) is 0 Å². The van der Waals surface area contributed by atoms with Crippen LogP contribution in [0.3, 0.4) is 0 Å². The van der Waals surface area contributed by atoms with Crippen LogP contribution in [0.4, 0.5) is 5.69 Å². The average molecular weight is 389 g/mol. The maximum atomic E-state index is 12.7. The summed E-state index contributed by atoms with van der Waals surface area (Å²) in [6, 6.07) is 26.3. The van der Waals surface area contributed by atoms with Gasteiger partial charge in [-0.15, -0.1) is 0 Å². The number of para-hydroxylation sites is 1. The number of anilines is 1. The molecular formula is C25H28N2O2. The number of carbonyl (C=O) groups excluding carboxylic acids is 1. The average Bonchev–Trinajstić information content (AvgIpc) is 2.76. The number of nitrogens with zero attached hydrogens (tertiary/aromatic N) is 1. The van der Waals surface area contributed by atoms with Gasteiger partial charge in [0.2, 0.25) is 5.91 Å². The van der Waals surface area contributed by atoms with Crippen molar-refractivity contribution in [3.63, 3.8) is 0 Å². The van der Waals surface area contributed by atoms with E-state index in [1.165, 1.54) is 5.56 Å². The molecule has 0 aliphatic rings. The van der Waals surface area contributed by atoms with Gasteiger partial charge in [-0.3, -0.25) is 9.69 Å². The molecule has 0 unspecified atom stereocenters. The van der Waals surface area contributed by atoms with Crippen LogP contribution in [0, 0.1) is 0 Å². The van der Waals surface area contributed by atoms with Crippen LogP contribution in [0.2, 0.25) is 0 Å². The van der Waals surface area contributed by atoms with E-state index in [2.05, 4.69) is 35.3 Å². The lowest BCUT2D eigenvalue weighted by molar-refractivity contribution is -0.117. The molecule has 4 nitrogen and oxygen atoms in total. The quantitative estimate of drug-likeness (QED) is 0.575. The summed E-state index contributed by atoms with van der Waals surface area (Å²) in [6.45, 7) is 3.94. The third kappa shape index (κ3) is 6.19. The van der Waals surface area contributed by atoms with E-state index in [9.17, 15) is 4.79 Å². The molecule has 4 heteroatoms. The first kappa shape index (κ1) is 20.6. The summed E-state index contributed by atoms with van der Waals surface area (Å²) >= 11 is 0. The zero-order valence-electron chi connectivity index (χ0n) is 17.1. The third-order valence-electron chi connectivity index (χ3n) is 4.91. The molecule has 0 spiro atoms. The Balaban J connectivity index is 1.61. The predicted molar refractivity (Wildman–Crippen MR) is 118 cm³/mol. The standard InChI is InChI=1S/C25H28N2O2/c1-3-27(18-21-13-15-23(29-2)16-14-21)19-25(28)26-24-12-8-7-11-22(24)17-20-9-5-4-6-10-20/h4-16H,3,17-19H2,1-2H3,(H,26,28). The molecule has 0 heterocycles. The summed E-state index contributed by atoms with van der Waals surface area (Å²) in [7, 11) is 1.66. The highest BCUT2D eigenvalue weighted by atomic mass is 16.5. The molecule has 150 valence electrons. The maximum absolute atomic E-state index is 12.7. The smallest absolute Gasteiger partial charge is 0.238 e. The molecule has 0 aliphatic carbocycles. The fraction of sp³-hybridized carbons (Fsp3) is 0.240. The molecule has 1 amide bonds. The minimum atomic E-state index is 0.000809. The first-order valence-electron chi connectivity index (χ1n) is 9.95. The molecule has 0 aromatic heterocycles. The van der Waals surface area contributed by atoms with Crippen molar-refractivity contribution >= 4 is 11.6 Å². The van der Waals surface area contributed by atoms with Gasteiger partial charge >= 0.3 is 0 Å². The van der Waals surface area contributed by atoms with Gasteiger partial charge in [0.25, 0.3) is 0 Å². The number of amides is 1. The first-order chi connectivity index (χ1) is 14.2. The minimum Gasteiger partial charge on any atom is -0.497 e. The van der Waals surface area contributed by atoms with Gasteiger partial charge in [0, 0.05) is 12.2 Å². The van der Waals surface area contributed by atoms with Crippen molar-refractivity contribution in [3.05, 3.63) is 95.6 Å². The topological polar surface area (TPSA) is 41.6 Å². The Labute approximate surface area is 173 Å². The Morgan fingerprint density at radius 1 is 0.897 bits per heavy atom. The van der Waals surface area contributed by atoms with Crippen molar-refractivity contribution < 1.29 is 9.53 Å². The molecule has 29 heavy (non-hydrogen) atoms. The number of ether oxygens (including phenoxy) is 1. The Hall–Kier alpha value is -3.11. The molecule has 0 fully saturated rings. The van der Waals surface area contributed by atoms with Crippen LogP contribution in [-0.4, -0.2) is 31.0 Å². The van der Waals surface area contributed by atoms with Gasteiger partial charge in [0.15, 0.2) is 0 Å². The van der Waals surface area contributed by atoms with Gasteiger partial charge < -0.3 is 10.1 Å². The Kier molecular flexibility index (Phi) is 7.42. The van der Waals surface area contributed by atoms with Gasteiger partial charge in [-0.25, -0.2) is 0 Å². The minimum absolute atomic E-state index is 0.000809. The fourth-order valence-electron chi connectivity index (χ4n) is 3.27. The second kappa shape index (κ2) is 10.4. The van der Waals surface area contributed by atoms with Gasteiger partial charge in [-0.05, 0) is 47.9 Å². The summed E-state index contributed by atoms with van der Waals surface area (Å²) < 4.78 is 5.21. The molecule has 0 saturated carbocycles. The van der Waals surface area contributed by atoms with Crippen molar-refractivity contribution in [2.75, 3.05) is 25.5 Å². The van der Waals surface area contributed by atoms with Gasteiger partial charge in [-0.1, -0.05) is 67.6 Å². The highest BCUT2D eigenvalue weighted by Crippen LogP contribution is 2.19. The summed E-state index contributed by atoms with van der Waals surface area (Å²) in [5.41, 5.74) is 4.38. The van der Waals surface area contributed by atoms with Crippen molar-refractivity contribution in [2.24, 2.45) is 0 Å². The van der Waals surface area contributed by atoms with Crippen LogP contribution in [-0.2, 0) is 17.8 Å². The van der Waals surface area contributed by atoms with Crippen LogP contribution in [0.15, 0.2) is 78.9 Å². The summed E-state index contributed by atoms with van der Waals surface area (Å²) in [5, 5.41) is 3.10. The third-order valence-corrected chi connectivity index (χ3v) is 4.91. The monoisotopic (exact) mass is 388 g/mol. The maximum Gasteiger partial charge on any atom is 0.238 e. The molecule has 0 atom stereocenters. The second-order valence-electron chi connectivity index (χ2n) is 7.02. The number of hydrogen-bond donors (Lipinski definition) is 1. The van der Waals surface area contributed by atoms with Crippen molar-refractivity contribution in [2.45, 2.75) is 19.9 Å². The number of carbonyl (C=O) groups is 1. The zero-order valence-corrected chi connectivity index (χ0v) is 17.1. The Bertz CT molecular complexity index is 908. The molecule has 0 radical (unpaired) electrons. The predicted octanol–water partition coefficient (Wildman–Crippen LogP) is 4.75. The van der Waals surface area contributed by atoms with Gasteiger partial charge in [0.05, 0.1) is 13.7 Å². The SMILES string of the molecule is CCN(CC(=O)Nc1ccccc1Cc1ccccc1)Cc1ccc(OC)cc1. The van der Waals surface area contributed by atoms with Crippen LogP contribution < -0.4 is 10.1 Å². The van der Waals surface area contributed by atoms with Gasteiger partial charge in [0.1, 0.15) is 5.75 Å². The summed E-state index contributed by atoms with van der Waals surface area (Å²) in [6.07, 6.45) is 0.792. The highest BCUT2D eigenvalue weighted by molar-refractivity contribution is 5.93. The van der Waals surface area contributed by atoms with E-state index in [0.29, 0.717) is 6.54 Å². The van der Waals surface area contributed by atoms with E-state index in [-0.39, 0.29) is 5.91 Å². The second-order valence-corrected chi connectivity index (χ2v) is 7.02. The van der Waals surface area contributed by atoms with E-state index in [4.69, 9.17) is 4.74 Å². The highest BCUT2D eigenvalue weighted by Gasteiger charge is 2.12. The van der Waals surface area contributed by atoms with Crippen LogP contribution >= 0.6 is 0 Å². The number of methoxy groups -OCH3 is 1. The van der Waals surface area contributed by atoms with Crippen molar-refractivity contribution in [3.8, 4) is 5.75 Å². The van der Waals surface area contributed by atoms with Crippen LogP contribution in [0.1, 0.15) is 23.6 Å². The lowest BCUT2D eigenvalue weighted by Crippen LogP contribution is -2.33. The van der Waals surface area contributed by atoms with E-state index in [0.717, 1.165) is 42.1 Å². The molecular weight excluding hydrogens is 360 g/mol. The first-order valence-corrected chi connectivity index (χ1v) is 9.95. The lowest BCUT2D eigenvalue weighted by atomic mass is 10.0. The normalized spacial score (nSPS) is 10.7. The number of benzene rings is 3. The number of rotatable bonds is 9. The van der Waals surface area contributed by atoms with E-state index in [1.54, 1.807) is 7.11 Å². The summed E-state index contributed by atoms with van der Waals surface area (Å²) in [5.74, 6) is 0.838. The molecule has 3 aromatic rings. The largest absolute Gasteiger partial charge is 0.497 e. The zero-order chi connectivity index (χ0) is 20.5. The summed E-state index contributed by atoms with van der Waals surface area (Å²) in [4.78, 5) is 14.8. The van der Waals surface area contributed by atoms with Crippen LogP contribution in [0.5, 0.6) is 5.75 Å². The van der Waals surface area contributed by atoms with Crippen molar-refractivity contribution in [1.29, 1.82) is 0 Å². The molecule has 0 bridgehead atoms. The van der Waals surface area contributed by atoms with Crippen LogP contribution in [0.25, 0.3) is 0 Å². The molecule has 1 N–H and O–H groups in total. The number of hydrogen-bond acceptors (Lipinski definition) is 3. The van der Waals surface area contributed by atoms with E-state index < -0.39 is 0 Å². The Morgan fingerprint density at radius 2 is 1.59 bits per heavy atom. The molecule has 3 rings (SSSR count). The number of nitrogens with one attached hydrogen (secondary N) is 1. The number of likely N-dealkylation sites (N-methyl/N-ethyl adjacent to an activating group) is 1. The lowest BCUT2D eigenvalue weighted by Gasteiger charge is -2.20. The molecule has 0 aliphatic heterocycles.